The number of nitriles is 1. The van der Waals surface area contributed by atoms with Crippen LogP contribution in [0.3, 0.4) is 0 Å². The number of rotatable bonds is 8. The minimum atomic E-state index is -0.555. The third kappa shape index (κ3) is 6.79. The van der Waals surface area contributed by atoms with E-state index in [4.69, 9.17) is 14.7 Å². The van der Waals surface area contributed by atoms with Crippen molar-refractivity contribution in [2.45, 2.75) is 45.8 Å². The van der Waals surface area contributed by atoms with E-state index < -0.39 is 5.60 Å². The lowest BCUT2D eigenvalue weighted by Crippen LogP contribution is -2.64. The fraction of sp³-hybridized carbons (Fsp3) is 0.361. The van der Waals surface area contributed by atoms with Crippen molar-refractivity contribution in [2.24, 2.45) is 5.92 Å². The number of fused-ring (bicyclic) bond motifs is 1. The molecule has 6 heterocycles. The Hall–Kier alpha value is -5.62. The molecule has 15 heteroatoms. The zero-order chi connectivity index (χ0) is 36.0. The summed E-state index contributed by atoms with van der Waals surface area (Å²) in [7, 11) is 1.90. The maximum Gasteiger partial charge on any atom is 0.410 e. The van der Waals surface area contributed by atoms with Crippen molar-refractivity contribution >= 4 is 45.9 Å². The van der Waals surface area contributed by atoms with E-state index in [1.807, 2.05) is 67.3 Å². The van der Waals surface area contributed by atoms with Gasteiger partial charge in [0.15, 0.2) is 5.13 Å². The van der Waals surface area contributed by atoms with Gasteiger partial charge in [-0.3, -0.25) is 9.20 Å². The summed E-state index contributed by atoms with van der Waals surface area (Å²) in [6.07, 6.45) is 5.84. The van der Waals surface area contributed by atoms with Gasteiger partial charge in [0.05, 0.1) is 17.7 Å². The van der Waals surface area contributed by atoms with E-state index in [0.717, 1.165) is 28.3 Å². The van der Waals surface area contributed by atoms with Crippen LogP contribution < -0.4 is 15.1 Å². The number of aromatic nitrogens is 5. The molecule has 0 bridgehead atoms. The number of nitrogens with one attached hydrogen (secondary N) is 1. The van der Waals surface area contributed by atoms with Gasteiger partial charge in [0.2, 0.25) is 11.9 Å². The lowest BCUT2D eigenvalue weighted by atomic mass is 9.98. The Morgan fingerprint density at radius 3 is 2.37 bits per heavy atom. The highest BCUT2D eigenvalue weighted by atomic mass is 32.1. The van der Waals surface area contributed by atoms with Crippen LogP contribution in [0.25, 0.3) is 28.0 Å². The van der Waals surface area contributed by atoms with Crippen molar-refractivity contribution in [3.8, 4) is 28.5 Å². The van der Waals surface area contributed by atoms with E-state index in [2.05, 4.69) is 21.4 Å². The number of carbonyl (C=O) groups excluding carboxylic acids is 2. The predicted molar refractivity (Wildman–Crippen MR) is 191 cm³/mol. The molecule has 4 aromatic heterocycles. The molecule has 1 aromatic carbocycles. The summed E-state index contributed by atoms with van der Waals surface area (Å²) in [4.78, 5) is 49.7. The number of pyridine rings is 1. The van der Waals surface area contributed by atoms with E-state index in [0.29, 0.717) is 59.8 Å². The van der Waals surface area contributed by atoms with Crippen LogP contribution in [-0.2, 0) is 16.0 Å². The predicted octanol–water partition coefficient (Wildman–Crippen LogP) is 5.43. The monoisotopic (exact) mass is 708 g/mol. The summed E-state index contributed by atoms with van der Waals surface area (Å²) >= 11 is 1.27. The number of carbonyl (C=O) groups is 2. The normalized spacial score (nSPS) is 14.9. The van der Waals surface area contributed by atoms with Crippen LogP contribution in [0.4, 0.5) is 26.1 Å². The zero-order valence-electron chi connectivity index (χ0n) is 28.9. The Balaban J connectivity index is 1.02. The Morgan fingerprint density at radius 1 is 1.04 bits per heavy atom. The lowest BCUT2D eigenvalue weighted by Gasteiger charge is -2.42. The third-order valence-electron chi connectivity index (χ3n) is 8.82. The molecule has 51 heavy (non-hydrogen) atoms. The first-order valence-electron chi connectivity index (χ1n) is 16.7. The maximum atomic E-state index is 13.6. The standard InChI is InChI=1S/C36H37FN10O3S/c1-6-27-32(44(5)34-43-30(28(13-38)51-34)21-7-10-25(37)11-8-21)47-18-22(9-12-29(47)42-27)23-14-39-33(40-15-23)45-16-24(17-45)31(48)41-26-19-46(20-26)35(49)50-36(2,3)4/h7-12,14-15,18,24,26H,6,16-17,19-20H2,1-5H3,(H,41,48). The first kappa shape index (κ1) is 33.9. The second kappa shape index (κ2) is 13.3. The summed E-state index contributed by atoms with van der Waals surface area (Å²) in [6.45, 7) is 9.42. The van der Waals surface area contributed by atoms with Crippen LogP contribution in [0.1, 0.15) is 38.3 Å². The van der Waals surface area contributed by atoms with E-state index in [9.17, 15) is 19.2 Å². The molecule has 2 aliphatic heterocycles. The van der Waals surface area contributed by atoms with Gasteiger partial charge >= 0.3 is 6.09 Å². The first-order valence-corrected chi connectivity index (χ1v) is 17.5. The van der Waals surface area contributed by atoms with Crippen molar-refractivity contribution < 1.29 is 18.7 Å². The number of nitrogens with zero attached hydrogens (tertiary/aromatic N) is 9. The molecule has 2 aliphatic rings. The smallest absolute Gasteiger partial charge is 0.410 e. The lowest BCUT2D eigenvalue weighted by molar-refractivity contribution is -0.127. The number of imidazole rings is 1. The summed E-state index contributed by atoms with van der Waals surface area (Å²) in [6, 6.07) is 12.0. The quantitative estimate of drug-likeness (QED) is 0.222. The largest absolute Gasteiger partial charge is 0.444 e. The Kier molecular flexibility index (Phi) is 8.80. The second-order valence-corrected chi connectivity index (χ2v) is 14.7. The van der Waals surface area contributed by atoms with Crippen LogP contribution in [0, 0.1) is 23.1 Å². The van der Waals surface area contributed by atoms with Crippen LogP contribution in [-0.4, -0.2) is 86.1 Å². The zero-order valence-corrected chi connectivity index (χ0v) is 29.7. The molecule has 2 amide bonds. The number of likely N-dealkylation sites (tertiary alicyclic amines) is 1. The number of hydrogen-bond donors (Lipinski definition) is 1. The van der Waals surface area contributed by atoms with Crippen LogP contribution in [0.15, 0.2) is 55.0 Å². The van der Waals surface area contributed by atoms with Crippen molar-refractivity contribution in [1.82, 2.24) is 34.6 Å². The number of thiazole rings is 1. The number of halogens is 1. The molecule has 5 aromatic rings. The van der Waals surface area contributed by atoms with Crippen molar-refractivity contribution in [2.75, 3.05) is 43.0 Å². The molecule has 13 nitrogen and oxygen atoms in total. The van der Waals surface area contributed by atoms with Crippen LogP contribution in [0.2, 0.25) is 0 Å². The van der Waals surface area contributed by atoms with Gasteiger partial charge in [-0.05, 0) is 63.6 Å². The van der Waals surface area contributed by atoms with Gasteiger partial charge in [0, 0.05) is 68.5 Å². The minimum Gasteiger partial charge on any atom is -0.444 e. The molecule has 0 atom stereocenters. The number of hydrogen-bond acceptors (Lipinski definition) is 11. The van der Waals surface area contributed by atoms with Gasteiger partial charge in [-0.1, -0.05) is 18.3 Å². The number of benzene rings is 1. The molecule has 0 saturated carbocycles. The van der Waals surface area contributed by atoms with Gasteiger partial charge < -0.3 is 24.8 Å². The molecule has 0 aliphatic carbocycles. The maximum absolute atomic E-state index is 13.6. The molecular formula is C36H37FN10O3S. The third-order valence-corrected chi connectivity index (χ3v) is 9.86. The van der Waals surface area contributed by atoms with Gasteiger partial charge in [-0.2, -0.15) is 5.26 Å². The van der Waals surface area contributed by atoms with Crippen molar-refractivity contribution in [3.05, 3.63) is 71.4 Å². The van der Waals surface area contributed by atoms with Gasteiger partial charge in [0.25, 0.3) is 0 Å². The van der Waals surface area contributed by atoms with E-state index >= 15 is 0 Å². The Bertz CT molecular complexity index is 2140. The van der Waals surface area contributed by atoms with E-state index in [1.54, 1.807) is 29.4 Å². The number of ether oxygens (including phenoxy) is 1. The van der Waals surface area contributed by atoms with Crippen molar-refractivity contribution in [3.63, 3.8) is 0 Å². The topological polar surface area (TPSA) is 145 Å². The summed E-state index contributed by atoms with van der Waals surface area (Å²) in [5.41, 5.74) is 3.95. The van der Waals surface area contributed by atoms with Crippen LogP contribution >= 0.6 is 11.3 Å². The highest BCUT2D eigenvalue weighted by Crippen LogP contribution is 2.37. The van der Waals surface area contributed by atoms with Crippen molar-refractivity contribution in [1.29, 1.82) is 5.26 Å². The molecule has 2 saturated heterocycles. The molecule has 0 unspecified atom stereocenters. The van der Waals surface area contributed by atoms with Gasteiger partial charge in [-0.15, -0.1) is 0 Å². The highest BCUT2D eigenvalue weighted by Gasteiger charge is 2.39. The first-order chi connectivity index (χ1) is 24.4. The molecule has 1 N–H and O–H groups in total. The molecule has 7 rings (SSSR count). The fourth-order valence-electron chi connectivity index (χ4n) is 6.07. The Morgan fingerprint density at radius 2 is 1.73 bits per heavy atom. The SMILES string of the molecule is CCc1nc2ccc(-c3cnc(N4CC(C(=O)NC5CN(C(=O)OC(C)(C)C)C5)C4)nc3)cn2c1N(C)c1nc(-c2ccc(F)cc2)c(C#N)s1. The van der Waals surface area contributed by atoms with Crippen LogP contribution in [0.5, 0.6) is 0 Å². The number of amides is 2. The summed E-state index contributed by atoms with van der Waals surface area (Å²) in [5.74, 6) is 0.804. The molecule has 0 spiro atoms. The van der Waals surface area contributed by atoms with E-state index in [1.165, 1.54) is 23.5 Å². The average Bonchev–Trinajstić information content (AvgIpc) is 3.66. The minimum absolute atomic E-state index is 0.0363. The molecule has 2 fully saturated rings. The molecular weight excluding hydrogens is 672 g/mol. The molecule has 0 radical (unpaired) electrons. The number of aryl methyl sites for hydroxylation is 1. The Labute approximate surface area is 298 Å². The highest BCUT2D eigenvalue weighted by molar-refractivity contribution is 7.16. The summed E-state index contributed by atoms with van der Waals surface area (Å²) in [5, 5.41) is 13.5. The van der Waals surface area contributed by atoms with Gasteiger partial charge in [0.1, 0.15) is 39.5 Å². The summed E-state index contributed by atoms with van der Waals surface area (Å²) < 4.78 is 21.0. The molecule has 262 valence electrons. The van der Waals surface area contributed by atoms with E-state index in [-0.39, 0.29) is 29.8 Å². The number of anilines is 3. The average molecular weight is 709 g/mol. The fourth-order valence-corrected chi connectivity index (χ4v) is 6.92. The second-order valence-electron chi connectivity index (χ2n) is 13.7. The van der Waals surface area contributed by atoms with Gasteiger partial charge in [-0.25, -0.2) is 29.1 Å².